The van der Waals surface area contributed by atoms with Gasteiger partial charge in [0, 0.05) is 23.7 Å². The quantitative estimate of drug-likeness (QED) is 0.893. The van der Waals surface area contributed by atoms with E-state index in [0.717, 1.165) is 37.2 Å². The first-order valence-electron chi connectivity index (χ1n) is 8.10. The number of nitrogens with one attached hydrogen (secondary N) is 2. The fraction of sp³-hybridized carbons (Fsp3) is 0.316. The monoisotopic (exact) mass is 310 g/mol. The van der Waals surface area contributed by atoms with E-state index in [1.165, 1.54) is 0 Å². The maximum atomic E-state index is 12.6. The summed E-state index contributed by atoms with van der Waals surface area (Å²) in [5.41, 5.74) is 1.59. The molecule has 0 radical (unpaired) electrons. The van der Waals surface area contributed by atoms with Crippen LogP contribution in [0.1, 0.15) is 28.8 Å². The second-order valence-corrected chi connectivity index (χ2v) is 5.78. The molecule has 1 saturated heterocycles. The summed E-state index contributed by atoms with van der Waals surface area (Å²) in [5, 5.41) is 6.43. The number of benzene rings is 2. The SMILES string of the molecule is O=C(N[C@H]1CCCNC1)c1ccccc1COc1ccccc1. The minimum Gasteiger partial charge on any atom is -0.489 e. The second-order valence-electron chi connectivity index (χ2n) is 5.78. The molecular weight excluding hydrogens is 288 g/mol. The van der Waals surface area contributed by atoms with Gasteiger partial charge >= 0.3 is 0 Å². The fourth-order valence-electron chi connectivity index (χ4n) is 2.78. The van der Waals surface area contributed by atoms with Crippen LogP contribution in [0, 0.1) is 0 Å². The van der Waals surface area contributed by atoms with Crippen LogP contribution >= 0.6 is 0 Å². The average molecular weight is 310 g/mol. The number of piperidine rings is 1. The Morgan fingerprint density at radius 1 is 1.13 bits per heavy atom. The molecule has 1 aliphatic heterocycles. The first kappa shape index (κ1) is 15.6. The Morgan fingerprint density at radius 3 is 2.70 bits per heavy atom. The molecule has 0 spiro atoms. The van der Waals surface area contributed by atoms with Gasteiger partial charge in [-0.1, -0.05) is 36.4 Å². The van der Waals surface area contributed by atoms with Crippen LogP contribution in [0.3, 0.4) is 0 Å². The van der Waals surface area contributed by atoms with Crippen LogP contribution in [-0.4, -0.2) is 25.0 Å². The molecule has 0 aromatic heterocycles. The van der Waals surface area contributed by atoms with E-state index in [1.807, 2.05) is 54.6 Å². The highest BCUT2D eigenvalue weighted by Crippen LogP contribution is 2.15. The van der Waals surface area contributed by atoms with Crippen LogP contribution in [0.4, 0.5) is 0 Å². The number of ether oxygens (including phenoxy) is 1. The Morgan fingerprint density at radius 2 is 1.91 bits per heavy atom. The number of hydrogen-bond acceptors (Lipinski definition) is 3. The van der Waals surface area contributed by atoms with Crippen molar-refractivity contribution >= 4 is 5.91 Å². The summed E-state index contributed by atoms with van der Waals surface area (Å²) in [6.45, 7) is 2.26. The van der Waals surface area contributed by atoms with Crippen molar-refractivity contribution in [3.8, 4) is 5.75 Å². The van der Waals surface area contributed by atoms with E-state index >= 15 is 0 Å². The molecule has 2 aromatic carbocycles. The van der Waals surface area contributed by atoms with Crippen molar-refractivity contribution in [1.82, 2.24) is 10.6 Å². The molecule has 0 unspecified atom stereocenters. The highest BCUT2D eigenvalue weighted by molar-refractivity contribution is 5.95. The van der Waals surface area contributed by atoms with Gasteiger partial charge in [0.05, 0.1) is 0 Å². The predicted molar refractivity (Wildman–Crippen MR) is 90.6 cm³/mol. The first-order chi connectivity index (χ1) is 11.3. The topological polar surface area (TPSA) is 50.4 Å². The smallest absolute Gasteiger partial charge is 0.251 e. The molecule has 3 rings (SSSR count). The molecule has 0 saturated carbocycles. The zero-order valence-electron chi connectivity index (χ0n) is 13.1. The Bertz CT molecular complexity index is 637. The van der Waals surface area contributed by atoms with Gasteiger partial charge in [-0.05, 0) is 37.6 Å². The lowest BCUT2D eigenvalue weighted by Gasteiger charge is -2.24. The molecule has 120 valence electrons. The van der Waals surface area contributed by atoms with Gasteiger partial charge in [0.2, 0.25) is 0 Å². The third-order valence-corrected chi connectivity index (χ3v) is 4.03. The molecule has 0 aliphatic carbocycles. The summed E-state index contributed by atoms with van der Waals surface area (Å²) < 4.78 is 5.78. The van der Waals surface area contributed by atoms with Crippen LogP contribution in [-0.2, 0) is 6.61 Å². The maximum absolute atomic E-state index is 12.6. The van der Waals surface area contributed by atoms with Crippen LogP contribution in [0.2, 0.25) is 0 Å². The zero-order chi connectivity index (χ0) is 15.9. The van der Waals surface area contributed by atoms with E-state index in [0.29, 0.717) is 12.2 Å². The van der Waals surface area contributed by atoms with E-state index in [-0.39, 0.29) is 11.9 Å². The first-order valence-corrected chi connectivity index (χ1v) is 8.10. The van der Waals surface area contributed by atoms with Crippen molar-refractivity contribution in [2.75, 3.05) is 13.1 Å². The van der Waals surface area contributed by atoms with Crippen molar-refractivity contribution in [2.24, 2.45) is 0 Å². The number of carbonyl (C=O) groups is 1. The minimum absolute atomic E-state index is 0.0223. The van der Waals surface area contributed by atoms with Gasteiger partial charge in [-0.3, -0.25) is 4.79 Å². The fourth-order valence-corrected chi connectivity index (χ4v) is 2.78. The van der Waals surface area contributed by atoms with Crippen molar-refractivity contribution in [3.63, 3.8) is 0 Å². The molecule has 0 bridgehead atoms. The Kier molecular flexibility index (Phi) is 5.27. The van der Waals surface area contributed by atoms with Gasteiger partial charge in [0.1, 0.15) is 12.4 Å². The van der Waals surface area contributed by atoms with Crippen molar-refractivity contribution in [1.29, 1.82) is 0 Å². The summed E-state index contributed by atoms with van der Waals surface area (Å²) in [5.74, 6) is 0.783. The Hall–Kier alpha value is -2.33. The van der Waals surface area contributed by atoms with E-state index in [4.69, 9.17) is 4.74 Å². The highest BCUT2D eigenvalue weighted by atomic mass is 16.5. The molecule has 1 amide bonds. The van der Waals surface area contributed by atoms with E-state index in [1.54, 1.807) is 0 Å². The summed E-state index contributed by atoms with van der Waals surface area (Å²) >= 11 is 0. The van der Waals surface area contributed by atoms with Gasteiger partial charge in [0.15, 0.2) is 0 Å². The van der Waals surface area contributed by atoms with Crippen LogP contribution in [0.15, 0.2) is 54.6 Å². The highest BCUT2D eigenvalue weighted by Gasteiger charge is 2.18. The van der Waals surface area contributed by atoms with Gasteiger partial charge in [-0.2, -0.15) is 0 Å². The zero-order valence-corrected chi connectivity index (χ0v) is 13.1. The lowest BCUT2D eigenvalue weighted by Crippen LogP contribution is -2.45. The summed E-state index contributed by atoms with van der Waals surface area (Å²) in [6.07, 6.45) is 2.13. The van der Waals surface area contributed by atoms with E-state index in [2.05, 4.69) is 10.6 Å². The predicted octanol–water partition coefficient (Wildman–Crippen LogP) is 2.75. The third-order valence-electron chi connectivity index (χ3n) is 4.03. The van der Waals surface area contributed by atoms with Crippen molar-refractivity contribution in [3.05, 3.63) is 65.7 Å². The molecule has 4 heteroatoms. The minimum atomic E-state index is -0.0223. The molecule has 4 nitrogen and oxygen atoms in total. The molecule has 23 heavy (non-hydrogen) atoms. The molecule has 2 aromatic rings. The van der Waals surface area contributed by atoms with Crippen LogP contribution in [0.5, 0.6) is 5.75 Å². The second kappa shape index (κ2) is 7.79. The standard InChI is InChI=1S/C19H22N2O2/c22-19(21-16-8-6-12-20-13-16)18-11-5-4-7-15(18)14-23-17-9-2-1-3-10-17/h1-5,7,9-11,16,20H,6,8,12-14H2,(H,21,22)/t16-/m0/s1. The molecular formula is C19H22N2O2. The summed E-state index contributed by atoms with van der Waals surface area (Å²) in [7, 11) is 0. The Labute approximate surface area is 136 Å². The number of amides is 1. The molecule has 1 fully saturated rings. The van der Waals surface area contributed by atoms with Gasteiger partial charge in [0.25, 0.3) is 5.91 Å². The van der Waals surface area contributed by atoms with Gasteiger partial charge < -0.3 is 15.4 Å². The van der Waals surface area contributed by atoms with E-state index < -0.39 is 0 Å². The van der Waals surface area contributed by atoms with Gasteiger partial charge in [-0.25, -0.2) is 0 Å². The molecule has 1 atom stereocenters. The van der Waals surface area contributed by atoms with Crippen molar-refractivity contribution in [2.45, 2.75) is 25.5 Å². The molecule has 2 N–H and O–H groups in total. The van der Waals surface area contributed by atoms with Gasteiger partial charge in [-0.15, -0.1) is 0 Å². The molecule has 1 aliphatic rings. The average Bonchev–Trinajstić information content (AvgIpc) is 2.62. The number of hydrogen-bond donors (Lipinski definition) is 2. The molecule has 1 heterocycles. The van der Waals surface area contributed by atoms with E-state index in [9.17, 15) is 4.79 Å². The third kappa shape index (κ3) is 4.33. The van der Waals surface area contributed by atoms with Crippen molar-refractivity contribution < 1.29 is 9.53 Å². The maximum Gasteiger partial charge on any atom is 0.251 e. The number of carbonyl (C=O) groups excluding carboxylic acids is 1. The summed E-state index contributed by atoms with van der Waals surface area (Å²) in [4.78, 5) is 12.6. The lowest BCUT2D eigenvalue weighted by atomic mass is 10.0. The number of para-hydroxylation sites is 1. The Balaban J connectivity index is 1.65. The number of rotatable bonds is 5. The normalized spacial score (nSPS) is 17.5. The summed E-state index contributed by atoms with van der Waals surface area (Å²) in [6, 6.07) is 17.5. The largest absolute Gasteiger partial charge is 0.489 e. The van der Waals surface area contributed by atoms with Crippen LogP contribution in [0.25, 0.3) is 0 Å². The lowest BCUT2D eigenvalue weighted by molar-refractivity contribution is 0.0928. The van der Waals surface area contributed by atoms with Crippen LogP contribution < -0.4 is 15.4 Å².